The van der Waals surface area contributed by atoms with Crippen LogP contribution in [0.1, 0.15) is 70.1 Å². The van der Waals surface area contributed by atoms with Crippen molar-refractivity contribution in [2.45, 2.75) is 65.4 Å². The Hall–Kier alpha value is -0.320. The molecule has 1 aromatic rings. The Morgan fingerprint density at radius 3 is 2.35 bits per heavy atom. The number of nitrogens with zero attached hydrogens (tertiary/aromatic N) is 1. The lowest BCUT2D eigenvalue weighted by Gasteiger charge is -2.35. The number of likely N-dealkylation sites (N-methyl/N-ethyl adjacent to an activating group) is 1. The molecule has 0 spiro atoms. The van der Waals surface area contributed by atoms with Gasteiger partial charge in [0.25, 0.3) is 0 Å². The lowest BCUT2D eigenvalue weighted by Crippen LogP contribution is -3.00. The highest BCUT2D eigenvalue weighted by Gasteiger charge is 2.22. The molecule has 4 heteroatoms. The van der Waals surface area contributed by atoms with E-state index in [1.54, 1.807) is 0 Å². The van der Waals surface area contributed by atoms with E-state index in [2.05, 4.69) is 26.8 Å². The van der Waals surface area contributed by atoms with Crippen molar-refractivity contribution in [2.24, 2.45) is 0 Å². The van der Waals surface area contributed by atoms with Crippen molar-refractivity contribution >= 4 is 0 Å². The number of rotatable bonds is 9. The molecule has 0 aliphatic heterocycles. The molecule has 0 atom stereocenters. The van der Waals surface area contributed by atoms with Crippen LogP contribution >= 0.6 is 0 Å². The van der Waals surface area contributed by atoms with E-state index in [1.807, 2.05) is 6.26 Å². The Morgan fingerprint density at radius 2 is 1.74 bits per heavy atom. The average molecular weight is 388 g/mol. The van der Waals surface area contributed by atoms with E-state index in [4.69, 9.17) is 9.15 Å². The summed E-state index contributed by atoms with van der Waals surface area (Å²) in [6.07, 6.45) is 8.58. The SMILES string of the molecule is CC[N+](CC)(CC)CCOCc1occc1C1CCCCC1.[Br-]. The van der Waals surface area contributed by atoms with E-state index >= 15 is 0 Å². The Morgan fingerprint density at radius 1 is 1.09 bits per heavy atom. The highest BCUT2D eigenvalue weighted by Crippen LogP contribution is 2.35. The lowest BCUT2D eigenvalue weighted by atomic mass is 9.84. The Labute approximate surface area is 152 Å². The Bertz CT molecular complexity index is 414. The number of quaternary nitrogens is 1. The molecule has 0 amide bonds. The van der Waals surface area contributed by atoms with E-state index in [0.717, 1.165) is 23.4 Å². The first kappa shape index (κ1) is 20.7. The molecular formula is C19H34BrNO2. The van der Waals surface area contributed by atoms with Crippen LogP contribution in [0.2, 0.25) is 0 Å². The summed E-state index contributed by atoms with van der Waals surface area (Å²) >= 11 is 0. The van der Waals surface area contributed by atoms with Crippen LogP contribution in [0, 0.1) is 0 Å². The second-order valence-electron chi connectivity index (χ2n) is 6.70. The van der Waals surface area contributed by atoms with Gasteiger partial charge in [0.05, 0.1) is 32.5 Å². The van der Waals surface area contributed by atoms with Crippen LogP contribution in [0.15, 0.2) is 16.7 Å². The number of halogens is 1. The second kappa shape index (κ2) is 10.5. The molecule has 1 aliphatic rings. The molecule has 3 nitrogen and oxygen atoms in total. The summed E-state index contributed by atoms with van der Waals surface area (Å²) in [7, 11) is 0. The van der Waals surface area contributed by atoms with Gasteiger partial charge in [-0.15, -0.1) is 0 Å². The van der Waals surface area contributed by atoms with Gasteiger partial charge in [-0.2, -0.15) is 0 Å². The van der Waals surface area contributed by atoms with Gasteiger partial charge in [0.2, 0.25) is 0 Å². The van der Waals surface area contributed by atoms with Crippen LogP contribution in [-0.4, -0.2) is 37.3 Å². The molecule has 1 fully saturated rings. The van der Waals surface area contributed by atoms with Gasteiger partial charge in [-0.3, -0.25) is 0 Å². The van der Waals surface area contributed by atoms with E-state index in [-0.39, 0.29) is 17.0 Å². The van der Waals surface area contributed by atoms with Gasteiger partial charge in [0.15, 0.2) is 0 Å². The summed E-state index contributed by atoms with van der Waals surface area (Å²) in [5.74, 6) is 1.76. The zero-order valence-corrected chi connectivity index (χ0v) is 16.7. The van der Waals surface area contributed by atoms with Crippen molar-refractivity contribution in [3.63, 3.8) is 0 Å². The first-order valence-electron chi connectivity index (χ1n) is 9.23. The molecule has 0 N–H and O–H groups in total. The molecule has 0 radical (unpaired) electrons. The second-order valence-corrected chi connectivity index (χ2v) is 6.70. The first-order valence-corrected chi connectivity index (χ1v) is 9.23. The number of ether oxygens (including phenoxy) is 1. The van der Waals surface area contributed by atoms with Crippen molar-refractivity contribution in [3.05, 3.63) is 23.7 Å². The van der Waals surface area contributed by atoms with Crippen LogP contribution in [0.3, 0.4) is 0 Å². The molecule has 2 rings (SSSR count). The van der Waals surface area contributed by atoms with Gasteiger partial charge in [-0.25, -0.2) is 0 Å². The maximum Gasteiger partial charge on any atom is 0.132 e. The summed E-state index contributed by atoms with van der Waals surface area (Å²) in [5.41, 5.74) is 1.40. The monoisotopic (exact) mass is 387 g/mol. The van der Waals surface area contributed by atoms with Gasteiger partial charge in [-0.1, -0.05) is 19.3 Å². The summed E-state index contributed by atoms with van der Waals surface area (Å²) in [5, 5.41) is 0. The largest absolute Gasteiger partial charge is 1.00 e. The van der Waals surface area contributed by atoms with Gasteiger partial charge in [0, 0.05) is 0 Å². The van der Waals surface area contributed by atoms with E-state index in [0.29, 0.717) is 12.5 Å². The highest BCUT2D eigenvalue weighted by atomic mass is 79.9. The van der Waals surface area contributed by atoms with E-state index < -0.39 is 0 Å². The minimum Gasteiger partial charge on any atom is -1.00 e. The third kappa shape index (κ3) is 5.61. The Balaban J connectivity index is 0.00000264. The van der Waals surface area contributed by atoms with Gasteiger partial charge >= 0.3 is 0 Å². The summed E-state index contributed by atoms with van der Waals surface area (Å²) in [6.45, 7) is 12.9. The molecule has 0 unspecified atom stereocenters. The highest BCUT2D eigenvalue weighted by molar-refractivity contribution is 5.22. The fourth-order valence-corrected chi connectivity index (χ4v) is 3.81. The van der Waals surface area contributed by atoms with Crippen molar-refractivity contribution in [3.8, 4) is 0 Å². The fourth-order valence-electron chi connectivity index (χ4n) is 3.81. The maximum atomic E-state index is 5.96. The molecule has 134 valence electrons. The quantitative estimate of drug-likeness (QED) is 0.475. The first-order chi connectivity index (χ1) is 10.7. The normalized spacial score (nSPS) is 16.3. The fraction of sp³-hybridized carbons (Fsp3) is 0.789. The summed E-state index contributed by atoms with van der Waals surface area (Å²) in [6, 6.07) is 2.17. The third-order valence-corrected chi connectivity index (χ3v) is 5.78. The number of hydrogen-bond donors (Lipinski definition) is 0. The molecular weight excluding hydrogens is 354 g/mol. The van der Waals surface area contributed by atoms with Crippen LogP contribution in [0.4, 0.5) is 0 Å². The molecule has 1 saturated carbocycles. The molecule has 23 heavy (non-hydrogen) atoms. The van der Waals surface area contributed by atoms with Crippen LogP contribution in [-0.2, 0) is 11.3 Å². The third-order valence-electron chi connectivity index (χ3n) is 5.78. The van der Waals surface area contributed by atoms with Gasteiger partial charge < -0.3 is 30.6 Å². The topological polar surface area (TPSA) is 22.4 Å². The van der Waals surface area contributed by atoms with Crippen molar-refractivity contribution < 1.29 is 30.6 Å². The molecule has 1 aromatic heterocycles. The van der Waals surface area contributed by atoms with Crippen molar-refractivity contribution in [1.29, 1.82) is 0 Å². The predicted molar refractivity (Wildman–Crippen MR) is 90.9 cm³/mol. The zero-order valence-electron chi connectivity index (χ0n) is 15.2. The average Bonchev–Trinajstić information content (AvgIpc) is 3.05. The summed E-state index contributed by atoms with van der Waals surface area (Å²) < 4.78 is 12.8. The molecule has 1 heterocycles. The van der Waals surface area contributed by atoms with Gasteiger partial charge in [0.1, 0.15) is 18.9 Å². The zero-order chi connectivity index (χ0) is 15.8. The van der Waals surface area contributed by atoms with Crippen LogP contribution < -0.4 is 17.0 Å². The van der Waals surface area contributed by atoms with Crippen LogP contribution in [0.5, 0.6) is 0 Å². The number of furan rings is 1. The maximum absolute atomic E-state index is 5.96. The van der Waals surface area contributed by atoms with Crippen molar-refractivity contribution in [2.75, 3.05) is 32.8 Å². The minimum absolute atomic E-state index is 0. The standard InChI is InChI=1S/C19H34NO2.BrH/c1-4-20(5-2,6-3)13-15-21-16-19-18(12-14-22-19)17-10-8-7-9-11-17;/h12,14,17H,4-11,13,15-16H2,1-3H3;1H/q+1;/p-1. The number of hydrogen-bond acceptors (Lipinski definition) is 2. The molecule has 0 bridgehead atoms. The minimum atomic E-state index is 0. The molecule has 0 aromatic carbocycles. The smallest absolute Gasteiger partial charge is 0.132 e. The lowest BCUT2D eigenvalue weighted by molar-refractivity contribution is -0.923. The molecule has 0 saturated heterocycles. The van der Waals surface area contributed by atoms with Crippen LogP contribution in [0.25, 0.3) is 0 Å². The summed E-state index contributed by atoms with van der Waals surface area (Å²) in [4.78, 5) is 0. The predicted octanol–water partition coefficient (Wildman–Crippen LogP) is 1.72. The van der Waals surface area contributed by atoms with Crippen molar-refractivity contribution in [1.82, 2.24) is 0 Å². The Kier molecular flexibility index (Phi) is 9.48. The van der Waals surface area contributed by atoms with Gasteiger partial charge in [-0.05, 0) is 51.2 Å². The molecule has 1 aliphatic carbocycles. The van der Waals surface area contributed by atoms with E-state index in [1.165, 1.54) is 57.3 Å². The van der Waals surface area contributed by atoms with E-state index in [9.17, 15) is 0 Å².